The van der Waals surface area contributed by atoms with Gasteiger partial charge in [0.2, 0.25) is 0 Å². The smallest absolute Gasteiger partial charge is 0.119 e. The Morgan fingerprint density at radius 3 is 2.80 bits per heavy atom. The molecule has 112 valence electrons. The second kappa shape index (κ2) is 5.74. The first kappa shape index (κ1) is 15.3. The molecular formula is C17H27NO2. The normalized spacial score (nSPS) is 27.4. The summed E-state index contributed by atoms with van der Waals surface area (Å²) in [7, 11) is 1.67. The van der Waals surface area contributed by atoms with E-state index in [-0.39, 0.29) is 11.5 Å². The van der Waals surface area contributed by atoms with Gasteiger partial charge in [-0.05, 0) is 44.4 Å². The van der Waals surface area contributed by atoms with Crippen molar-refractivity contribution in [2.45, 2.75) is 57.1 Å². The number of nitrogens with two attached hydrogens (primary N) is 1. The van der Waals surface area contributed by atoms with Gasteiger partial charge >= 0.3 is 0 Å². The molecule has 1 aromatic rings. The van der Waals surface area contributed by atoms with Crippen LogP contribution in [0.2, 0.25) is 0 Å². The minimum atomic E-state index is -0.705. The largest absolute Gasteiger partial charge is 0.497 e. The van der Waals surface area contributed by atoms with Crippen LogP contribution < -0.4 is 10.5 Å². The maximum Gasteiger partial charge on any atom is 0.119 e. The van der Waals surface area contributed by atoms with E-state index >= 15 is 0 Å². The zero-order valence-electron chi connectivity index (χ0n) is 12.9. The van der Waals surface area contributed by atoms with Crippen LogP contribution in [-0.4, -0.2) is 23.4 Å². The van der Waals surface area contributed by atoms with E-state index in [0.29, 0.717) is 6.42 Å². The Kier molecular flexibility index (Phi) is 4.40. The van der Waals surface area contributed by atoms with Crippen LogP contribution >= 0.6 is 0 Å². The molecular weight excluding hydrogens is 250 g/mol. The molecule has 1 aliphatic rings. The lowest BCUT2D eigenvalue weighted by Gasteiger charge is -2.46. The van der Waals surface area contributed by atoms with Crippen LogP contribution in [0.3, 0.4) is 0 Å². The molecule has 0 aromatic heterocycles. The molecule has 0 radical (unpaired) electrons. The Labute approximate surface area is 122 Å². The number of hydrogen-bond donors (Lipinski definition) is 2. The lowest BCUT2D eigenvalue weighted by molar-refractivity contribution is -0.0717. The predicted molar refractivity (Wildman–Crippen MR) is 81.9 cm³/mol. The van der Waals surface area contributed by atoms with Crippen LogP contribution in [0.25, 0.3) is 0 Å². The third kappa shape index (κ3) is 3.33. The van der Waals surface area contributed by atoms with Gasteiger partial charge in [-0.25, -0.2) is 0 Å². The summed E-state index contributed by atoms with van der Waals surface area (Å²) in [5.41, 5.74) is 6.37. The number of hydrogen-bond acceptors (Lipinski definition) is 3. The highest BCUT2D eigenvalue weighted by Gasteiger charge is 2.45. The number of benzene rings is 1. The van der Waals surface area contributed by atoms with Crippen LogP contribution in [0, 0.1) is 5.92 Å². The molecule has 0 bridgehead atoms. The molecule has 0 aliphatic heterocycles. The molecule has 3 heteroatoms. The van der Waals surface area contributed by atoms with Crippen molar-refractivity contribution in [3.63, 3.8) is 0 Å². The van der Waals surface area contributed by atoms with Gasteiger partial charge in [-0.3, -0.25) is 0 Å². The SMILES string of the molecule is COc1cccc(CC2(O)CCCCC2C(C)(C)N)c1. The maximum atomic E-state index is 11.2. The third-order valence-electron chi connectivity index (χ3n) is 4.54. The van der Waals surface area contributed by atoms with E-state index in [2.05, 4.69) is 6.07 Å². The summed E-state index contributed by atoms with van der Waals surface area (Å²) in [6, 6.07) is 7.96. The van der Waals surface area contributed by atoms with Crippen LogP contribution in [0.5, 0.6) is 5.75 Å². The van der Waals surface area contributed by atoms with Crippen LogP contribution in [0.1, 0.15) is 45.1 Å². The van der Waals surface area contributed by atoms with Crippen LogP contribution in [-0.2, 0) is 6.42 Å². The predicted octanol–water partition coefficient (Wildman–Crippen LogP) is 2.90. The number of methoxy groups -OCH3 is 1. The fraction of sp³-hybridized carbons (Fsp3) is 0.647. The molecule has 2 atom stereocenters. The zero-order valence-corrected chi connectivity index (χ0v) is 12.9. The topological polar surface area (TPSA) is 55.5 Å². The second-order valence-corrected chi connectivity index (χ2v) is 6.75. The first-order valence-electron chi connectivity index (χ1n) is 7.49. The molecule has 1 aliphatic carbocycles. The highest BCUT2D eigenvalue weighted by molar-refractivity contribution is 5.29. The molecule has 0 heterocycles. The van der Waals surface area contributed by atoms with Gasteiger partial charge in [0.05, 0.1) is 12.7 Å². The van der Waals surface area contributed by atoms with Crippen molar-refractivity contribution in [2.24, 2.45) is 11.7 Å². The minimum Gasteiger partial charge on any atom is -0.497 e. The van der Waals surface area contributed by atoms with Gasteiger partial charge in [-0.1, -0.05) is 25.0 Å². The second-order valence-electron chi connectivity index (χ2n) is 6.75. The van der Waals surface area contributed by atoms with Crippen molar-refractivity contribution in [3.8, 4) is 5.75 Å². The highest BCUT2D eigenvalue weighted by atomic mass is 16.5. The Hall–Kier alpha value is -1.06. The Morgan fingerprint density at radius 2 is 2.15 bits per heavy atom. The maximum absolute atomic E-state index is 11.2. The average Bonchev–Trinajstić information content (AvgIpc) is 2.37. The first-order chi connectivity index (χ1) is 9.35. The molecule has 1 fully saturated rings. The minimum absolute atomic E-state index is 0.134. The fourth-order valence-corrected chi connectivity index (χ4v) is 3.63. The van der Waals surface area contributed by atoms with Gasteiger partial charge < -0.3 is 15.6 Å². The summed E-state index contributed by atoms with van der Waals surface area (Å²) < 4.78 is 5.26. The molecule has 1 aromatic carbocycles. The molecule has 0 spiro atoms. The van der Waals surface area contributed by atoms with Gasteiger partial charge in [0, 0.05) is 17.9 Å². The monoisotopic (exact) mass is 277 g/mol. The lowest BCUT2D eigenvalue weighted by Crippen LogP contribution is -2.56. The van der Waals surface area contributed by atoms with Crippen molar-refractivity contribution in [1.29, 1.82) is 0 Å². The lowest BCUT2D eigenvalue weighted by atomic mass is 9.65. The van der Waals surface area contributed by atoms with Gasteiger partial charge in [-0.15, -0.1) is 0 Å². The average molecular weight is 277 g/mol. The van der Waals surface area contributed by atoms with Gasteiger partial charge in [0.25, 0.3) is 0 Å². The van der Waals surface area contributed by atoms with E-state index in [0.717, 1.165) is 37.0 Å². The van der Waals surface area contributed by atoms with Crippen LogP contribution in [0.15, 0.2) is 24.3 Å². The molecule has 0 saturated heterocycles. The van der Waals surface area contributed by atoms with Crippen LogP contribution in [0.4, 0.5) is 0 Å². The van der Waals surface area contributed by atoms with Gasteiger partial charge in [0.15, 0.2) is 0 Å². The van der Waals surface area contributed by atoms with Crippen molar-refractivity contribution < 1.29 is 9.84 Å². The van der Waals surface area contributed by atoms with E-state index < -0.39 is 5.60 Å². The summed E-state index contributed by atoms with van der Waals surface area (Å²) >= 11 is 0. The van der Waals surface area contributed by atoms with Crippen molar-refractivity contribution >= 4 is 0 Å². The van der Waals surface area contributed by atoms with Crippen molar-refractivity contribution in [1.82, 2.24) is 0 Å². The summed E-state index contributed by atoms with van der Waals surface area (Å²) in [6.45, 7) is 4.05. The molecule has 1 saturated carbocycles. The van der Waals surface area contributed by atoms with E-state index in [1.807, 2.05) is 32.0 Å². The Bertz CT molecular complexity index is 453. The van der Waals surface area contributed by atoms with Crippen molar-refractivity contribution in [3.05, 3.63) is 29.8 Å². The van der Waals surface area contributed by atoms with Gasteiger partial charge in [0.1, 0.15) is 5.75 Å². The van der Waals surface area contributed by atoms with E-state index in [1.165, 1.54) is 0 Å². The molecule has 3 N–H and O–H groups in total. The first-order valence-corrected chi connectivity index (χ1v) is 7.49. The number of aliphatic hydroxyl groups is 1. The van der Waals surface area contributed by atoms with E-state index in [9.17, 15) is 5.11 Å². The van der Waals surface area contributed by atoms with Gasteiger partial charge in [-0.2, -0.15) is 0 Å². The Morgan fingerprint density at radius 1 is 1.40 bits per heavy atom. The van der Waals surface area contributed by atoms with E-state index in [1.54, 1.807) is 7.11 Å². The van der Waals surface area contributed by atoms with Crippen molar-refractivity contribution in [2.75, 3.05) is 7.11 Å². The molecule has 3 nitrogen and oxygen atoms in total. The Balaban J connectivity index is 2.23. The molecule has 20 heavy (non-hydrogen) atoms. The molecule has 0 amide bonds. The number of rotatable bonds is 4. The standard InChI is InChI=1S/C17H27NO2/c1-16(2,18)15-9-4-5-10-17(15,19)12-13-7-6-8-14(11-13)20-3/h6-8,11,15,19H,4-5,9-10,12,18H2,1-3H3. The number of ether oxygens (including phenoxy) is 1. The summed E-state index contributed by atoms with van der Waals surface area (Å²) in [4.78, 5) is 0. The van der Waals surface area contributed by atoms with E-state index in [4.69, 9.17) is 10.5 Å². The third-order valence-corrected chi connectivity index (χ3v) is 4.54. The summed E-state index contributed by atoms with van der Waals surface area (Å²) in [5.74, 6) is 0.973. The zero-order chi connectivity index (χ0) is 14.8. The molecule has 2 unspecified atom stereocenters. The quantitative estimate of drug-likeness (QED) is 0.889. The summed E-state index contributed by atoms with van der Waals surface area (Å²) in [5, 5.41) is 11.2. The molecule has 2 rings (SSSR count). The fourth-order valence-electron chi connectivity index (χ4n) is 3.63. The summed E-state index contributed by atoms with van der Waals surface area (Å²) in [6.07, 6.45) is 4.72. The highest BCUT2D eigenvalue weighted by Crippen LogP contribution is 2.41.